The molecule has 0 bridgehead atoms. The van der Waals surface area contributed by atoms with Crippen LogP contribution in [0.5, 0.6) is 0 Å². The Morgan fingerprint density at radius 2 is 1.84 bits per heavy atom. The van der Waals surface area contributed by atoms with Crippen molar-refractivity contribution in [1.29, 1.82) is 0 Å². The Balaban J connectivity index is 1.52. The summed E-state index contributed by atoms with van der Waals surface area (Å²) in [5.41, 5.74) is 3.11. The molecule has 3 nitrogen and oxygen atoms in total. The van der Waals surface area contributed by atoms with Gasteiger partial charge in [-0.3, -0.25) is 0 Å². The molecule has 25 heavy (non-hydrogen) atoms. The van der Waals surface area contributed by atoms with Crippen molar-refractivity contribution in [2.45, 2.75) is 13.0 Å². The number of thiazole rings is 1. The van der Waals surface area contributed by atoms with Crippen LogP contribution in [0.25, 0.3) is 10.4 Å². The molecule has 0 amide bonds. The molecule has 3 aromatic rings. The largest absolute Gasteiger partial charge is 0.378 e. The third-order valence-electron chi connectivity index (χ3n) is 4.03. The summed E-state index contributed by atoms with van der Waals surface area (Å²) >= 11 is 1.69. The van der Waals surface area contributed by atoms with E-state index in [0.29, 0.717) is 13.0 Å². The van der Waals surface area contributed by atoms with Gasteiger partial charge in [0.2, 0.25) is 0 Å². The topological polar surface area (TPSA) is 28.2 Å². The van der Waals surface area contributed by atoms with Gasteiger partial charge in [-0.2, -0.15) is 0 Å². The van der Waals surface area contributed by atoms with E-state index < -0.39 is 0 Å². The van der Waals surface area contributed by atoms with Gasteiger partial charge in [-0.25, -0.2) is 9.37 Å². The molecule has 0 aliphatic carbocycles. The summed E-state index contributed by atoms with van der Waals surface area (Å²) in [7, 11) is 4.07. The number of hydrogen-bond donors (Lipinski definition) is 1. The van der Waals surface area contributed by atoms with Crippen LogP contribution >= 0.6 is 11.3 Å². The summed E-state index contributed by atoms with van der Waals surface area (Å²) in [5.74, 6) is -0.137. The molecule has 0 unspecified atom stereocenters. The molecule has 5 heteroatoms. The van der Waals surface area contributed by atoms with Gasteiger partial charge in [-0.05, 0) is 42.3 Å². The molecule has 1 N–H and O–H groups in total. The minimum Gasteiger partial charge on any atom is -0.378 e. The van der Waals surface area contributed by atoms with E-state index in [9.17, 15) is 4.39 Å². The lowest BCUT2D eigenvalue weighted by atomic mass is 10.1. The molecule has 2 aromatic carbocycles. The summed E-state index contributed by atoms with van der Waals surface area (Å²) < 4.78 is 13.6. The Kier molecular flexibility index (Phi) is 5.79. The first-order valence-corrected chi connectivity index (χ1v) is 9.12. The fourth-order valence-electron chi connectivity index (χ4n) is 2.57. The predicted octanol–water partition coefficient (Wildman–Crippen LogP) is 4.35. The van der Waals surface area contributed by atoms with Crippen LogP contribution in [0.15, 0.2) is 54.7 Å². The van der Waals surface area contributed by atoms with Crippen LogP contribution in [-0.2, 0) is 13.0 Å². The second-order valence-electron chi connectivity index (χ2n) is 6.08. The number of nitrogens with one attached hydrogen (secondary N) is 1. The molecule has 1 aromatic heterocycles. The van der Waals surface area contributed by atoms with Gasteiger partial charge >= 0.3 is 0 Å². The Morgan fingerprint density at radius 3 is 2.56 bits per heavy atom. The lowest BCUT2D eigenvalue weighted by Gasteiger charge is -2.12. The fourth-order valence-corrected chi connectivity index (χ4v) is 3.46. The highest BCUT2D eigenvalue weighted by Crippen LogP contribution is 2.27. The summed E-state index contributed by atoms with van der Waals surface area (Å²) in [6, 6.07) is 15.4. The number of aromatic nitrogens is 1. The highest BCUT2D eigenvalue weighted by Gasteiger charge is 2.06. The van der Waals surface area contributed by atoms with Crippen LogP contribution in [0.1, 0.15) is 10.6 Å². The van der Waals surface area contributed by atoms with Crippen LogP contribution in [0.4, 0.5) is 10.1 Å². The van der Waals surface area contributed by atoms with E-state index >= 15 is 0 Å². The monoisotopic (exact) mass is 355 g/mol. The number of anilines is 1. The first-order valence-electron chi connectivity index (χ1n) is 8.30. The second kappa shape index (κ2) is 8.23. The SMILES string of the molecule is CN(C)c1ccc(-c2cnc(CNCCc3ccccc3F)s2)cc1. The average Bonchev–Trinajstić information content (AvgIpc) is 3.09. The maximum atomic E-state index is 13.6. The zero-order chi connectivity index (χ0) is 17.6. The van der Waals surface area contributed by atoms with Crippen molar-refractivity contribution in [3.05, 3.63) is 71.1 Å². The molecule has 0 aliphatic heterocycles. The van der Waals surface area contributed by atoms with E-state index in [1.165, 1.54) is 17.3 Å². The maximum absolute atomic E-state index is 13.6. The smallest absolute Gasteiger partial charge is 0.126 e. The van der Waals surface area contributed by atoms with Crippen molar-refractivity contribution in [3.63, 3.8) is 0 Å². The molecule has 0 atom stereocenters. The van der Waals surface area contributed by atoms with Crippen molar-refractivity contribution in [2.24, 2.45) is 0 Å². The highest BCUT2D eigenvalue weighted by molar-refractivity contribution is 7.15. The lowest BCUT2D eigenvalue weighted by Crippen LogP contribution is -2.16. The van der Waals surface area contributed by atoms with Gasteiger partial charge in [-0.1, -0.05) is 30.3 Å². The Morgan fingerprint density at radius 1 is 1.08 bits per heavy atom. The molecule has 0 radical (unpaired) electrons. The minimum absolute atomic E-state index is 0.137. The van der Waals surface area contributed by atoms with Crippen LogP contribution in [-0.4, -0.2) is 25.6 Å². The van der Waals surface area contributed by atoms with Gasteiger partial charge in [0.15, 0.2) is 0 Å². The number of hydrogen-bond acceptors (Lipinski definition) is 4. The van der Waals surface area contributed by atoms with Gasteiger partial charge in [0.25, 0.3) is 0 Å². The van der Waals surface area contributed by atoms with Gasteiger partial charge in [0.1, 0.15) is 10.8 Å². The lowest BCUT2D eigenvalue weighted by molar-refractivity contribution is 0.597. The Labute approximate surface area is 152 Å². The summed E-state index contributed by atoms with van der Waals surface area (Å²) in [6.45, 7) is 1.43. The molecule has 0 fully saturated rings. The van der Waals surface area contributed by atoms with Crippen LogP contribution < -0.4 is 10.2 Å². The molecule has 0 aliphatic rings. The van der Waals surface area contributed by atoms with Gasteiger partial charge in [0, 0.05) is 32.5 Å². The standard InChI is InChI=1S/C20H22FN3S/c1-24(2)17-9-7-16(8-10-17)19-13-23-20(25-19)14-22-12-11-15-5-3-4-6-18(15)21/h3-10,13,22H,11-12,14H2,1-2H3. The predicted molar refractivity (Wildman–Crippen MR) is 104 cm³/mol. The third kappa shape index (κ3) is 4.65. The number of nitrogens with zero attached hydrogens (tertiary/aromatic N) is 2. The normalized spacial score (nSPS) is 10.8. The summed E-state index contributed by atoms with van der Waals surface area (Å²) in [6.07, 6.45) is 2.60. The second-order valence-corrected chi connectivity index (χ2v) is 7.19. The molecular formula is C20H22FN3S. The molecule has 3 rings (SSSR count). The van der Waals surface area contributed by atoms with E-state index in [4.69, 9.17) is 0 Å². The minimum atomic E-state index is -0.137. The van der Waals surface area contributed by atoms with E-state index in [0.717, 1.165) is 22.0 Å². The van der Waals surface area contributed by atoms with E-state index in [1.54, 1.807) is 17.4 Å². The van der Waals surface area contributed by atoms with Gasteiger partial charge < -0.3 is 10.2 Å². The van der Waals surface area contributed by atoms with Crippen molar-refractivity contribution in [2.75, 3.05) is 25.5 Å². The molecule has 130 valence electrons. The van der Waals surface area contributed by atoms with Gasteiger partial charge in [-0.15, -0.1) is 11.3 Å². The van der Waals surface area contributed by atoms with E-state index in [1.807, 2.05) is 32.4 Å². The summed E-state index contributed by atoms with van der Waals surface area (Å²) in [4.78, 5) is 7.73. The highest BCUT2D eigenvalue weighted by atomic mass is 32.1. The van der Waals surface area contributed by atoms with Crippen molar-refractivity contribution in [1.82, 2.24) is 10.3 Å². The zero-order valence-corrected chi connectivity index (χ0v) is 15.3. The van der Waals surface area contributed by atoms with Crippen molar-refractivity contribution < 1.29 is 4.39 Å². The molecule has 1 heterocycles. The van der Waals surface area contributed by atoms with Crippen LogP contribution in [0, 0.1) is 5.82 Å². The summed E-state index contributed by atoms with van der Waals surface area (Å²) in [5, 5.41) is 4.38. The van der Waals surface area contributed by atoms with Crippen molar-refractivity contribution >= 4 is 17.0 Å². The van der Waals surface area contributed by atoms with Crippen LogP contribution in [0.2, 0.25) is 0 Å². The average molecular weight is 355 g/mol. The quantitative estimate of drug-likeness (QED) is 0.639. The first kappa shape index (κ1) is 17.6. The Bertz CT molecular complexity index is 812. The fraction of sp³-hybridized carbons (Fsp3) is 0.250. The molecule has 0 saturated carbocycles. The van der Waals surface area contributed by atoms with Crippen molar-refractivity contribution in [3.8, 4) is 10.4 Å². The maximum Gasteiger partial charge on any atom is 0.126 e. The third-order valence-corrected chi connectivity index (χ3v) is 5.07. The van der Waals surface area contributed by atoms with E-state index in [-0.39, 0.29) is 5.82 Å². The van der Waals surface area contributed by atoms with Crippen LogP contribution in [0.3, 0.4) is 0 Å². The molecule has 0 spiro atoms. The zero-order valence-electron chi connectivity index (χ0n) is 14.5. The van der Waals surface area contributed by atoms with Gasteiger partial charge in [0.05, 0.1) is 4.88 Å². The molecule has 0 saturated heterocycles. The Hall–Kier alpha value is -2.24. The first-order chi connectivity index (χ1) is 12.1. The number of benzene rings is 2. The molecular weight excluding hydrogens is 333 g/mol. The number of rotatable bonds is 7. The van der Waals surface area contributed by atoms with E-state index in [2.05, 4.69) is 39.5 Å². The number of halogens is 1.